The number of amides is 2. The predicted molar refractivity (Wildman–Crippen MR) is 208 cm³/mol. The molecule has 296 valence electrons. The molecule has 1 atom stereocenters. The van der Waals surface area contributed by atoms with E-state index < -0.39 is 12.2 Å². The Hall–Kier alpha value is -5.68. The third kappa shape index (κ3) is 6.67. The maximum absolute atomic E-state index is 15.9. The number of carbonyl (C=O) groups excluding carboxylic acids is 2. The number of carbonyl (C=O) groups is 2. The fourth-order valence-electron chi connectivity index (χ4n) is 8.55. The summed E-state index contributed by atoms with van der Waals surface area (Å²) in [7, 11) is 6.91. The predicted octanol–water partition coefficient (Wildman–Crippen LogP) is 2.90. The van der Waals surface area contributed by atoms with Crippen LogP contribution in [0.4, 0.5) is 15.9 Å². The number of aliphatic hydroxyl groups is 1. The first-order valence-electron chi connectivity index (χ1n) is 19.0. The number of aromatic nitrogens is 5. The summed E-state index contributed by atoms with van der Waals surface area (Å²) >= 11 is 0. The van der Waals surface area contributed by atoms with Gasteiger partial charge in [0, 0.05) is 94.3 Å². The molecule has 5 aromatic rings. The number of halogens is 1. The highest BCUT2D eigenvalue weighted by molar-refractivity contribution is 5.95. The van der Waals surface area contributed by atoms with Gasteiger partial charge < -0.3 is 39.2 Å². The summed E-state index contributed by atoms with van der Waals surface area (Å²) < 4.78 is 29.2. The van der Waals surface area contributed by atoms with Crippen LogP contribution in [-0.2, 0) is 23.2 Å². The van der Waals surface area contributed by atoms with Gasteiger partial charge >= 0.3 is 0 Å². The van der Waals surface area contributed by atoms with Crippen LogP contribution in [0.25, 0.3) is 32.9 Å². The van der Waals surface area contributed by atoms with Gasteiger partial charge in [-0.1, -0.05) is 0 Å². The molecular weight excluding hydrogens is 723 g/mol. The van der Waals surface area contributed by atoms with Gasteiger partial charge in [-0.05, 0) is 55.5 Å². The first kappa shape index (κ1) is 37.3. The number of anilines is 2. The number of nitrogens with zero attached hydrogens (tertiary/aromatic N) is 7. The number of nitrogens with one attached hydrogen (secondary N) is 3. The number of aromatic amines is 2. The molecule has 1 unspecified atom stereocenters. The number of methoxy groups -OCH3 is 2. The van der Waals surface area contributed by atoms with Crippen LogP contribution < -0.4 is 30.1 Å². The summed E-state index contributed by atoms with van der Waals surface area (Å²) in [6, 6.07) is 7.56. The van der Waals surface area contributed by atoms with Crippen LogP contribution in [-0.4, -0.2) is 118 Å². The molecule has 3 aliphatic heterocycles. The first-order chi connectivity index (χ1) is 27.1. The second kappa shape index (κ2) is 15.1. The summed E-state index contributed by atoms with van der Waals surface area (Å²) in [6.07, 6.45) is 5.32. The number of fused-ring (bicyclic) bond motifs is 2. The van der Waals surface area contributed by atoms with Crippen molar-refractivity contribution in [2.24, 2.45) is 13.0 Å². The maximum Gasteiger partial charge on any atom is 0.276 e. The number of H-pyrrole nitrogens is 2. The summed E-state index contributed by atoms with van der Waals surface area (Å²) in [5.74, 6) is 1.06. The number of piperidine rings is 2. The largest absolute Gasteiger partial charge is 0.496 e. The number of rotatable bonds is 9. The fourth-order valence-corrected chi connectivity index (χ4v) is 8.55. The Balaban J connectivity index is 0.876. The Bertz CT molecular complexity index is 2320. The molecule has 0 radical (unpaired) electrons. The Morgan fingerprint density at radius 3 is 2.38 bits per heavy atom. The van der Waals surface area contributed by atoms with Gasteiger partial charge in [-0.25, -0.2) is 4.39 Å². The molecule has 16 nitrogen and oxygen atoms in total. The second-order valence-electron chi connectivity index (χ2n) is 14.9. The molecule has 2 aromatic carbocycles. The molecule has 2 amide bonds. The van der Waals surface area contributed by atoms with Crippen LogP contribution in [0.2, 0.25) is 0 Å². The molecule has 0 aliphatic carbocycles. The van der Waals surface area contributed by atoms with Gasteiger partial charge in [0.25, 0.3) is 5.56 Å². The van der Waals surface area contributed by atoms with Crippen LogP contribution >= 0.6 is 0 Å². The first-order valence-corrected chi connectivity index (χ1v) is 19.0. The minimum atomic E-state index is -1.24. The summed E-state index contributed by atoms with van der Waals surface area (Å²) in [5, 5.41) is 28.0. The van der Waals surface area contributed by atoms with E-state index in [0.717, 1.165) is 48.0 Å². The topological polar surface area (TPSA) is 177 Å². The van der Waals surface area contributed by atoms with E-state index in [9.17, 15) is 19.5 Å². The van der Waals surface area contributed by atoms with Gasteiger partial charge in [0.1, 0.15) is 22.5 Å². The molecular formula is C39H47FN10O6. The fraction of sp³-hybridized carbons (Fsp3) is 0.462. The van der Waals surface area contributed by atoms with Crippen molar-refractivity contribution in [3.63, 3.8) is 0 Å². The molecule has 0 bridgehead atoms. The molecule has 0 spiro atoms. The lowest BCUT2D eigenvalue weighted by atomic mass is 9.93. The van der Waals surface area contributed by atoms with E-state index in [2.05, 4.69) is 30.6 Å². The van der Waals surface area contributed by atoms with Crippen LogP contribution in [0.5, 0.6) is 11.5 Å². The van der Waals surface area contributed by atoms with Crippen molar-refractivity contribution in [3.8, 4) is 22.6 Å². The van der Waals surface area contributed by atoms with Crippen molar-refractivity contribution in [1.82, 2.24) is 40.1 Å². The van der Waals surface area contributed by atoms with Crippen molar-refractivity contribution >= 4 is 45.1 Å². The third-order valence-corrected chi connectivity index (χ3v) is 11.8. The van der Waals surface area contributed by atoms with E-state index in [1.54, 1.807) is 45.8 Å². The van der Waals surface area contributed by atoms with E-state index in [4.69, 9.17) is 9.47 Å². The molecule has 6 heterocycles. The zero-order chi connectivity index (χ0) is 39.2. The van der Waals surface area contributed by atoms with E-state index in [1.807, 2.05) is 29.0 Å². The van der Waals surface area contributed by atoms with E-state index in [0.29, 0.717) is 66.4 Å². The number of benzene rings is 2. The van der Waals surface area contributed by atoms with Crippen molar-refractivity contribution in [3.05, 3.63) is 58.4 Å². The number of hydrogen-bond donors (Lipinski definition) is 4. The average Bonchev–Trinajstić information content (AvgIpc) is 3.88. The third-order valence-electron chi connectivity index (χ3n) is 11.8. The van der Waals surface area contributed by atoms with Gasteiger partial charge in [0.2, 0.25) is 18.2 Å². The molecule has 3 fully saturated rings. The molecule has 0 saturated carbocycles. The van der Waals surface area contributed by atoms with Crippen LogP contribution in [0, 0.1) is 11.7 Å². The van der Waals surface area contributed by atoms with Gasteiger partial charge in [-0.2, -0.15) is 10.2 Å². The lowest BCUT2D eigenvalue weighted by molar-refractivity contribution is -0.138. The van der Waals surface area contributed by atoms with Crippen LogP contribution in [0.15, 0.2) is 41.5 Å². The van der Waals surface area contributed by atoms with Crippen molar-refractivity contribution in [2.45, 2.75) is 51.0 Å². The molecule has 8 rings (SSSR count). The highest BCUT2D eigenvalue weighted by atomic mass is 19.1. The average molecular weight is 771 g/mol. The maximum atomic E-state index is 15.9. The van der Waals surface area contributed by atoms with Gasteiger partial charge in [0.15, 0.2) is 11.6 Å². The normalized spacial score (nSPS) is 18.8. The summed E-state index contributed by atoms with van der Waals surface area (Å²) in [4.78, 5) is 45.8. The Morgan fingerprint density at radius 1 is 0.982 bits per heavy atom. The van der Waals surface area contributed by atoms with Crippen molar-refractivity contribution in [2.75, 3.05) is 63.8 Å². The molecule has 3 aliphatic rings. The molecule has 3 saturated heterocycles. The lowest BCUT2D eigenvalue weighted by Crippen LogP contribution is -2.54. The van der Waals surface area contributed by atoms with Gasteiger partial charge in [-0.3, -0.25) is 29.5 Å². The Morgan fingerprint density at radius 2 is 1.70 bits per heavy atom. The number of ether oxygens (including phenoxy) is 2. The number of hydrogen-bond acceptors (Lipinski definition) is 11. The zero-order valence-electron chi connectivity index (χ0n) is 32.0. The second-order valence-corrected chi connectivity index (χ2v) is 14.9. The van der Waals surface area contributed by atoms with E-state index >= 15 is 4.39 Å². The summed E-state index contributed by atoms with van der Waals surface area (Å²) in [6.45, 7) is 3.57. The molecule has 56 heavy (non-hydrogen) atoms. The monoisotopic (exact) mass is 770 g/mol. The standard InChI is InChI=1S/C39H47FN10O6/c1-46-20-27(26-19-41-43-35(26)38(46)53)23-17-30(55-3)28(31(18-23)56-4)21-48-12-9-24(10-13-48)47(2)37(52)22-7-14-49(15-8-22)29-6-5-25-34(33(29)40)44-45-36(25)50-16-11-32(51)42-39(50)54/h5-6,17-20,22,24,39,54H,7-16,21H2,1-4H3,(H,41,43)(H,42,51)(H,44,45). The molecule has 4 N–H and O–H groups in total. The summed E-state index contributed by atoms with van der Waals surface area (Å²) in [5.41, 5.74) is 3.58. The number of aliphatic hydroxyl groups excluding tert-OH is 1. The Kier molecular flexibility index (Phi) is 10.0. The minimum Gasteiger partial charge on any atom is -0.496 e. The quantitative estimate of drug-likeness (QED) is 0.173. The van der Waals surface area contributed by atoms with Crippen molar-refractivity contribution < 1.29 is 28.6 Å². The zero-order valence-corrected chi connectivity index (χ0v) is 32.0. The van der Waals surface area contributed by atoms with Gasteiger partial charge in [-0.15, -0.1) is 0 Å². The van der Waals surface area contributed by atoms with Crippen LogP contribution in [0.3, 0.4) is 0 Å². The Labute approximate surface area is 322 Å². The minimum absolute atomic E-state index is 0.117. The molecule has 17 heteroatoms. The molecule has 3 aromatic heterocycles. The highest BCUT2D eigenvalue weighted by Gasteiger charge is 2.34. The smallest absolute Gasteiger partial charge is 0.276 e. The highest BCUT2D eigenvalue weighted by Crippen LogP contribution is 2.39. The van der Waals surface area contributed by atoms with E-state index in [1.165, 1.54) is 9.47 Å². The number of aryl methyl sites for hydroxylation is 1. The lowest BCUT2D eigenvalue weighted by Gasteiger charge is -2.40. The van der Waals surface area contributed by atoms with Gasteiger partial charge in [0.05, 0.1) is 31.7 Å². The SMILES string of the molecule is COc1cc(-c2cn(C)c(=O)c3[nH]ncc23)cc(OC)c1CN1CCC(N(C)C(=O)C2CCN(c3ccc4c(N5CCC(=O)NC5O)n[nH]c4c3F)CC2)CC1. The van der Waals surface area contributed by atoms with Crippen molar-refractivity contribution in [1.29, 1.82) is 0 Å². The van der Waals surface area contributed by atoms with Crippen LogP contribution in [0.1, 0.15) is 37.7 Å². The number of pyridine rings is 1. The number of likely N-dealkylation sites (tertiary alicyclic amines) is 1. The van der Waals surface area contributed by atoms with E-state index in [-0.39, 0.29) is 47.8 Å².